The summed E-state index contributed by atoms with van der Waals surface area (Å²) in [5.74, 6) is 0.921. The molecule has 0 aliphatic rings. The maximum Gasteiger partial charge on any atom is 0.119 e. The first-order valence-corrected chi connectivity index (χ1v) is 5.51. The molecule has 0 spiro atoms. The molecule has 0 saturated carbocycles. The third-order valence-corrected chi connectivity index (χ3v) is 2.01. The molecule has 2 N–H and O–H groups in total. The molecule has 2 heteroatoms. The Hall–Kier alpha value is -1.70. The highest BCUT2D eigenvalue weighted by atomic mass is 16.5. The molecule has 1 aromatic carbocycles. The van der Waals surface area contributed by atoms with Crippen LogP contribution in [-0.2, 0) is 6.42 Å². The van der Waals surface area contributed by atoms with E-state index in [0.29, 0.717) is 0 Å². The number of nitrogens with two attached hydrogens (primary N) is 1. The van der Waals surface area contributed by atoms with Gasteiger partial charge in [-0.05, 0) is 50.2 Å². The van der Waals surface area contributed by atoms with Crippen molar-refractivity contribution in [2.45, 2.75) is 26.4 Å². The lowest BCUT2D eigenvalue weighted by molar-refractivity contribution is 0.242. The fourth-order valence-corrected chi connectivity index (χ4v) is 1.32. The molecule has 86 valence electrons. The molecule has 2 nitrogen and oxygen atoms in total. The maximum absolute atomic E-state index is 5.57. The van der Waals surface area contributed by atoms with Gasteiger partial charge in [0.15, 0.2) is 0 Å². The van der Waals surface area contributed by atoms with Crippen molar-refractivity contribution in [3.63, 3.8) is 0 Å². The van der Waals surface area contributed by atoms with Crippen molar-refractivity contribution in [3.05, 3.63) is 54.3 Å². The van der Waals surface area contributed by atoms with Crippen molar-refractivity contribution in [2.24, 2.45) is 5.73 Å². The molecular formula is C14H19NO. The number of hydrogen-bond donors (Lipinski definition) is 1. The minimum Gasteiger partial charge on any atom is -0.491 e. The van der Waals surface area contributed by atoms with E-state index in [1.807, 2.05) is 38.1 Å². The van der Waals surface area contributed by atoms with Crippen molar-refractivity contribution < 1.29 is 4.74 Å². The summed E-state index contributed by atoms with van der Waals surface area (Å²) in [6, 6.07) is 8.16. The van der Waals surface area contributed by atoms with Gasteiger partial charge in [0.2, 0.25) is 0 Å². The predicted octanol–water partition coefficient (Wildman–Crippen LogP) is 3.04. The molecule has 1 aromatic rings. The SMILES string of the molecule is CC(C)Oc1ccc(C/C=C\C=C/N)cc1. The van der Waals surface area contributed by atoms with Crippen molar-refractivity contribution in [3.8, 4) is 5.75 Å². The van der Waals surface area contributed by atoms with Gasteiger partial charge < -0.3 is 10.5 Å². The Morgan fingerprint density at radius 1 is 1.19 bits per heavy atom. The molecule has 0 aliphatic carbocycles. The van der Waals surface area contributed by atoms with Crippen LogP contribution in [0, 0.1) is 0 Å². The summed E-state index contributed by atoms with van der Waals surface area (Å²) in [4.78, 5) is 0. The number of hydrogen-bond acceptors (Lipinski definition) is 2. The van der Waals surface area contributed by atoms with Gasteiger partial charge in [0.05, 0.1) is 6.10 Å². The maximum atomic E-state index is 5.57. The molecule has 0 aromatic heterocycles. The molecule has 0 unspecified atom stereocenters. The molecule has 0 amide bonds. The van der Waals surface area contributed by atoms with E-state index in [2.05, 4.69) is 18.2 Å². The van der Waals surface area contributed by atoms with Crippen LogP contribution < -0.4 is 10.5 Å². The van der Waals surface area contributed by atoms with Gasteiger partial charge in [0, 0.05) is 0 Å². The van der Waals surface area contributed by atoms with Gasteiger partial charge in [-0.3, -0.25) is 0 Å². The van der Waals surface area contributed by atoms with E-state index in [9.17, 15) is 0 Å². The minimum atomic E-state index is 0.223. The lowest BCUT2D eigenvalue weighted by Crippen LogP contribution is -2.05. The summed E-state index contributed by atoms with van der Waals surface area (Å²) < 4.78 is 5.57. The Labute approximate surface area is 97.4 Å². The molecule has 1 rings (SSSR count). The number of rotatable bonds is 5. The summed E-state index contributed by atoms with van der Waals surface area (Å²) in [6.07, 6.45) is 8.49. The molecule has 0 saturated heterocycles. The van der Waals surface area contributed by atoms with E-state index in [-0.39, 0.29) is 6.10 Å². The highest BCUT2D eigenvalue weighted by Gasteiger charge is 1.96. The van der Waals surface area contributed by atoms with Crippen molar-refractivity contribution in [1.29, 1.82) is 0 Å². The van der Waals surface area contributed by atoms with Crippen LogP contribution in [0.3, 0.4) is 0 Å². The number of allylic oxidation sites excluding steroid dienone is 3. The minimum absolute atomic E-state index is 0.223. The second-order valence-electron chi connectivity index (χ2n) is 3.83. The lowest BCUT2D eigenvalue weighted by atomic mass is 10.1. The summed E-state index contributed by atoms with van der Waals surface area (Å²) in [6.45, 7) is 4.05. The summed E-state index contributed by atoms with van der Waals surface area (Å²) in [7, 11) is 0. The van der Waals surface area contributed by atoms with Gasteiger partial charge in [0.25, 0.3) is 0 Å². The quantitative estimate of drug-likeness (QED) is 0.769. The monoisotopic (exact) mass is 217 g/mol. The van der Waals surface area contributed by atoms with Crippen LogP contribution >= 0.6 is 0 Å². The Kier molecular flexibility index (Phi) is 5.20. The van der Waals surface area contributed by atoms with Gasteiger partial charge in [-0.2, -0.15) is 0 Å². The van der Waals surface area contributed by atoms with Gasteiger partial charge >= 0.3 is 0 Å². The Morgan fingerprint density at radius 2 is 1.88 bits per heavy atom. The molecule has 0 fully saturated rings. The van der Waals surface area contributed by atoms with Crippen LogP contribution in [0.25, 0.3) is 0 Å². The van der Waals surface area contributed by atoms with Crippen LogP contribution in [0.1, 0.15) is 19.4 Å². The number of ether oxygens (including phenoxy) is 1. The zero-order chi connectivity index (χ0) is 11.8. The number of benzene rings is 1. The van der Waals surface area contributed by atoms with E-state index in [1.54, 1.807) is 0 Å². The average Bonchev–Trinajstić information content (AvgIpc) is 2.26. The zero-order valence-electron chi connectivity index (χ0n) is 9.89. The molecule has 0 aliphatic heterocycles. The molecule has 0 radical (unpaired) electrons. The van der Waals surface area contributed by atoms with Crippen LogP contribution in [0.15, 0.2) is 48.7 Å². The molecule has 0 bridgehead atoms. The van der Waals surface area contributed by atoms with Crippen molar-refractivity contribution >= 4 is 0 Å². The topological polar surface area (TPSA) is 35.2 Å². The largest absolute Gasteiger partial charge is 0.491 e. The van der Waals surface area contributed by atoms with Crippen LogP contribution in [0.4, 0.5) is 0 Å². The first kappa shape index (κ1) is 12.4. The van der Waals surface area contributed by atoms with E-state index in [1.165, 1.54) is 11.8 Å². The third-order valence-electron chi connectivity index (χ3n) is 2.01. The molecule has 0 heterocycles. The van der Waals surface area contributed by atoms with Gasteiger partial charge in [0.1, 0.15) is 5.75 Å². The van der Waals surface area contributed by atoms with Crippen molar-refractivity contribution in [1.82, 2.24) is 0 Å². The van der Waals surface area contributed by atoms with Gasteiger partial charge in [-0.25, -0.2) is 0 Å². The Bertz CT molecular complexity index is 350. The smallest absolute Gasteiger partial charge is 0.119 e. The third kappa shape index (κ3) is 4.69. The fraction of sp³-hybridized carbons (Fsp3) is 0.286. The second-order valence-corrected chi connectivity index (χ2v) is 3.83. The molecular weight excluding hydrogens is 198 g/mol. The Morgan fingerprint density at radius 3 is 2.44 bits per heavy atom. The van der Waals surface area contributed by atoms with Crippen LogP contribution in [-0.4, -0.2) is 6.10 Å². The van der Waals surface area contributed by atoms with E-state index < -0.39 is 0 Å². The summed E-state index contributed by atoms with van der Waals surface area (Å²) >= 11 is 0. The van der Waals surface area contributed by atoms with Gasteiger partial charge in [-0.15, -0.1) is 0 Å². The first-order valence-electron chi connectivity index (χ1n) is 5.51. The molecule has 16 heavy (non-hydrogen) atoms. The van der Waals surface area contributed by atoms with E-state index in [0.717, 1.165) is 12.2 Å². The van der Waals surface area contributed by atoms with Crippen LogP contribution in [0.2, 0.25) is 0 Å². The zero-order valence-corrected chi connectivity index (χ0v) is 9.89. The van der Waals surface area contributed by atoms with Crippen molar-refractivity contribution in [2.75, 3.05) is 0 Å². The normalized spacial score (nSPS) is 11.7. The highest BCUT2D eigenvalue weighted by molar-refractivity contribution is 5.28. The molecule has 0 atom stereocenters. The van der Waals surface area contributed by atoms with Crippen LogP contribution in [0.5, 0.6) is 5.75 Å². The Balaban J connectivity index is 2.51. The van der Waals surface area contributed by atoms with E-state index >= 15 is 0 Å². The summed E-state index contributed by atoms with van der Waals surface area (Å²) in [5.41, 5.74) is 6.49. The predicted molar refractivity (Wildman–Crippen MR) is 68.4 cm³/mol. The lowest BCUT2D eigenvalue weighted by Gasteiger charge is -2.09. The fourth-order valence-electron chi connectivity index (χ4n) is 1.32. The second kappa shape index (κ2) is 6.72. The standard InChI is InChI=1S/C14H19NO/c1-12(2)16-14-9-7-13(8-10-14)6-4-3-5-11-15/h3-5,7-12H,6,15H2,1-2H3/b4-3-,11-5-. The summed E-state index contributed by atoms with van der Waals surface area (Å²) in [5, 5.41) is 0. The average molecular weight is 217 g/mol. The highest BCUT2D eigenvalue weighted by Crippen LogP contribution is 2.14. The van der Waals surface area contributed by atoms with E-state index in [4.69, 9.17) is 10.5 Å². The first-order chi connectivity index (χ1) is 7.72. The van der Waals surface area contributed by atoms with Gasteiger partial charge in [-0.1, -0.05) is 24.3 Å².